The largest absolute Gasteiger partial charge is 0.342 e. The fraction of sp³-hybridized carbons (Fsp3) is 0.923. The van der Waals surface area contributed by atoms with Crippen molar-refractivity contribution >= 4 is 5.91 Å². The molecular formula is C13H26N2O. The van der Waals surface area contributed by atoms with Crippen LogP contribution in [0.25, 0.3) is 0 Å². The Morgan fingerprint density at radius 3 is 2.25 bits per heavy atom. The second-order valence-electron chi connectivity index (χ2n) is 5.95. The van der Waals surface area contributed by atoms with Crippen molar-refractivity contribution in [3.63, 3.8) is 0 Å². The molecule has 1 aliphatic heterocycles. The van der Waals surface area contributed by atoms with Crippen molar-refractivity contribution in [2.45, 2.75) is 40.5 Å². The second-order valence-corrected chi connectivity index (χ2v) is 5.95. The first-order chi connectivity index (χ1) is 7.38. The number of carbonyl (C=O) groups excluding carboxylic acids is 1. The van der Waals surface area contributed by atoms with Gasteiger partial charge in [0, 0.05) is 19.0 Å². The van der Waals surface area contributed by atoms with Crippen molar-refractivity contribution in [1.29, 1.82) is 0 Å². The van der Waals surface area contributed by atoms with Gasteiger partial charge in [0.05, 0.1) is 0 Å². The first-order valence-corrected chi connectivity index (χ1v) is 6.37. The third-order valence-electron chi connectivity index (χ3n) is 3.93. The molecule has 0 unspecified atom stereocenters. The highest BCUT2D eigenvalue weighted by atomic mass is 16.2. The Morgan fingerprint density at radius 1 is 1.38 bits per heavy atom. The van der Waals surface area contributed by atoms with Gasteiger partial charge in [-0.15, -0.1) is 0 Å². The molecule has 0 spiro atoms. The molecule has 0 bridgehead atoms. The first-order valence-electron chi connectivity index (χ1n) is 6.37. The maximum Gasteiger partial charge on any atom is 0.225 e. The zero-order chi connectivity index (χ0) is 12.3. The Balaban J connectivity index is 2.49. The Bertz CT molecular complexity index is 240. The monoisotopic (exact) mass is 226 g/mol. The number of carbonyl (C=O) groups is 1. The van der Waals surface area contributed by atoms with E-state index < -0.39 is 0 Å². The van der Waals surface area contributed by atoms with Gasteiger partial charge in [0.25, 0.3) is 0 Å². The zero-order valence-electron chi connectivity index (χ0n) is 11.1. The van der Waals surface area contributed by atoms with Crippen LogP contribution in [0.3, 0.4) is 0 Å². The summed E-state index contributed by atoms with van der Waals surface area (Å²) in [6.07, 6.45) is 2.20. The van der Waals surface area contributed by atoms with Crippen molar-refractivity contribution in [3.8, 4) is 0 Å². The number of rotatable bonds is 3. The third-order valence-corrected chi connectivity index (χ3v) is 3.93. The minimum Gasteiger partial charge on any atom is -0.342 e. The number of likely N-dealkylation sites (tertiary alicyclic amines) is 1. The molecule has 0 aliphatic carbocycles. The van der Waals surface area contributed by atoms with E-state index in [1.807, 2.05) is 18.7 Å². The summed E-state index contributed by atoms with van der Waals surface area (Å²) in [6.45, 7) is 11.0. The fourth-order valence-corrected chi connectivity index (χ4v) is 2.41. The maximum atomic E-state index is 11.8. The molecule has 0 radical (unpaired) electrons. The highest BCUT2D eigenvalue weighted by molar-refractivity contribution is 5.78. The molecular weight excluding hydrogens is 200 g/mol. The average Bonchev–Trinajstić information content (AvgIpc) is 2.28. The quantitative estimate of drug-likeness (QED) is 0.798. The minimum atomic E-state index is 0.124. The van der Waals surface area contributed by atoms with E-state index in [-0.39, 0.29) is 11.3 Å². The van der Waals surface area contributed by atoms with Crippen LogP contribution in [0, 0.1) is 17.3 Å². The molecule has 0 atom stereocenters. The Hall–Kier alpha value is -0.570. The van der Waals surface area contributed by atoms with Crippen molar-refractivity contribution < 1.29 is 4.79 Å². The van der Waals surface area contributed by atoms with Crippen LogP contribution < -0.4 is 5.73 Å². The normalized spacial score (nSPS) is 19.2. The van der Waals surface area contributed by atoms with Crippen LogP contribution in [-0.2, 0) is 4.79 Å². The van der Waals surface area contributed by atoms with E-state index in [2.05, 4.69) is 13.8 Å². The predicted octanol–water partition coefficient (Wildman–Crippen LogP) is 1.87. The van der Waals surface area contributed by atoms with E-state index in [1.54, 1.807) is 0 Å². The third kappa shape index (κ3) is 2.97. The number of hydrogen-bond donors (Lipinski definition) is 1. The van der Waals surface area contributed by atoms with E-state index in [0.717, 1.165) is 32.5 Å². The molecule has 1 rings (SSSR count). The molecule has 1 saturated heterocycles. The highest BCUT2D eigenvalue weighted by Crippen LogP contribution is 2.34. The molecule has 0 aromatic heterocycles. The molecule has 1 heterocycles. The van der Waals surface area contributed by atoms with E-state index in [1.165, 1.54) is 0 Å². The van der Waals surface area contributed by atoms with Crippen molar-refractivity contribution in [1.82, 2.24) is 4.90 Å². The van der Waals surface area contributed by atoms with E-state index in [9.17, 15) is 4.79 Å². The number of amides is 1. The fourth-order valence-electron chi connectivity index (χ4n) is 2.41. The average molecular weight is 226 g/mol. The standard InChI is InChI=1S/C13H26N2O/c1-10(2)12(16)15-7-5-11(6-8-15)13(3,4)9-14/h10-11H,5-9,14H2,1-4H3. The van der Waals surface area contributed by atoms with Crippen LogP contribution in [0.4, 0.5) is 0 Å². The van der Waals surface area contributed by atoms with Gasteiger partial charge in [0.2, 0.25) is 5.91 Å². The lowest BCUT2D eigenvalue weighted by molar-refractivity contribution is -0.136. The van der Waals surface area contributed by atoms with Gasteiger partial charge >= 0.3 is 0 Å². The second kappa shape index (κ2) is 5.17. The van der Waals surface area contributed by atoms with Crippen molar-refractivity contribution in [2.75, 3.05) is 19.6 Å². The summed E-state index contributed by atoms with van der Waals surface area (Å²) in [5, 5.41) is 0. The van der Waals surface area contributed by atoms with Crippen LogP contribution >= 0.6 is 0 Å². The van der Waals surface area contributed by atoms with Gasteiger partial charge in [-0.2, -0.15) is 0 Å². The SMILES string of the molecule is CC(C)C(=O)N1CCC(C(C)(C)CN)CC1. The summed E-state index contributed by atoms with van der Waals surface area (Å²) in [7, 11) is 0. The van der Waals surface area contributed by atoms with Gasteiger partial charge in [-0.25, -0.2) is 0 Å². The van der Waals surface area contributed by atoms with Gasteiger partial charge < -0.3 is 10.6 Å². The van der Waals surface area contributed by atoms with Gasteiger partial charge in [0.1, 0.15) is 0 Å². The Kier molecular flexibility index (Phi) is 4.36. The highest BCUT2D eigenvalue weighted by Gasteiger charge is 2.32. The van der Waals surface area contributed by atoms with Crippen LogP contribution in [0.2, 0.25) is 0 Å². The van der Waals surface area contributed by atoms with Gasteiger partial charge in [-0.05, 0) is 30.7 Å². The number of piperidine rings is 1. The lowest BCUT2D eigenvalue weighted by atomic mass is 9.73. The molecule has 1 aliphatic rings. The van der Waals surface area contributed by atoms with Crippen LogP contribution in [0.15, 0.2) is 0 Å². The number of nitrogens with two attached hydrogens (primary N) is 1. The number of nitrogens with zero attached hydrogens (tertiary/aromatic N) is 1. The smallest absolute Gasteiger partial charge is 0.225 e. The minimum absolute atomic E-state index is 0.124. The molecule has 3 nitrogen and oxygen atoms in total. The first kappa shape index (κ1) is 13.5. The summed E-state index contributed by atoms with van der Waals surface area (Å²) in [6, 6.07) is 0. The van der Waals surface area contributed by atoms with E-state index in [0.29, 0.717) is 11.8 Å². The van der Waals surface area contributed by atoms with Gasteiger partial charge in [-0.1, -0.05) is 27.7 Å². The molecule has 1 amide bonds. The number of hydrogen-bond acceptors (Lipinski definition) is 2. The summed E-state index contributed by atoms with van der Waals surface area (Å²) >= 11 is 0. The van der Waals surface area contributed by atoms with Gasteiger partial charge in [-0.3, -0.25) is 4.79 Å². The zero-order valence-corrected chi connectivity index (χ0v) is 11.1. The van der Waals surface area contributed by atoms with Crippen LogP contribution in [0.5, 0.6) is 0 Å². The molecule has 2 N–H and O–H groups in total. The molecule has 0 aromatic carbocycles. The van der Waals surface area contributed by atoms with E-state index >= 15 is 0 Å². The molecule has 1 fully saturated rings. The predicted molar refractivity (Wildman–Crippen MR) is 67.0 cm³/mol. The lowest BCUT2D eigenvalue weighted by Gasteiger charge is -2.40. The van der Waals surface area contributed by atoms with Crippen molar-refractivity contribution in [3.05, 3.63) is 0 Å². The van der Waals surface area contributed by atoms with Crippen LogP contribution in [0.1, 0.15) is 40.5 Å². The summed E-state index contributed by atoms with van der Waals surface area (Å²) in [4.78, 5) is 13.8. The van der Waals surface area contributed by atoms with Crippen LogP contribution in [-0.4, -0.2) is 30.4 Å². The van der Waals surface area contributed by atoms with Crippen molar-refractivity contribution in [2.24, 2.45) is 23.0 Å². The maximum absolute atomic E-state index is 11.8. The molecule has 0 aromatic rings. The summed E-state index contributed by atoms with van der Waals surface area (Å²) in [5.74, 6) is 1.08. The van der Waals surface area contributed by atoms with Gasteiger partial charge in [0.15, 0.2) is 0 Å². The summed E-state index contributed by atoms with van der Waals surface area (Å²) in [5.41, 5.74) is 6.01. The topological polar surface area (TPSA) is 46.3 Å². The summed E-state index contributed by atoms with van der Waals surface area (Å²) < 4.78 is 0. The Labute approximate surface area is 99.4 Å². The molecule has 94 valence electrons. The molecule has 3 heteroatoms. The van der Waals surface area contributed by atoms with E-state index in [4.69, 9.17) is 5.73 Å². The molecule has 16 heavy (non-hydrogen) atoms. The molecule has 0 saturated carbocycles. The lowest BCUT2D eigenvalue weighted by Crippen LogP contribution is -2.45. The Morgan fingerprint density at radius 2 is 1.88 bits per heavy atom.